The molecule has 0 unspecified atom stereocenters. The van der Waals surface area contributed by atoms with Gasteiger partial charge in [0.1, 0.15) is 19.0 Å². The van der Waals surface area contributed by atoms with Crippen molar-refractivity contribution in [2.24, 2.45) is 0 Å². The van der Waals surface area contributed by atoms with E-state index in [1.54, 1.807) is 48.5 Å². The Morgan fingerprint density at radius 3 is 2.53 bits per heavy atom. The molecule has 184 valence electrons. The Morgan fingerprint density at radius 1 is 1.06 bits per heavy atom. The number of carbonyl (C=O) groups excluding carboxylic acids is 3. The SMILES string of the molecule is COc1cc(/C=C2\SC(=O)N(CC(=O)Nc3ccccc3C)C2=O)ccc1OCc1ccc(F)cc1. The quantitative estimate of drug-likeness (QED) is 0.412. The molecular formula is C27H23FN2O5S. The summed E-state index contributed by atoms with van der Waals surface area (Å²) in [5, 5.41) is 2.21. The largest absolute Gasteiger partial charge is 0.493 e. The number of carbonyl (C=O) groups is 3. The van der Waals surface area contributed by atoms with Crippen LogP contribution in [-0.2, 0) is 16.2 Å². The molecule has 0 atom stereocenters. The van der Waals surface area contributed by atoms with Crippen molar-refractivity contribution in [2.45, 2.75) is 13.5 Å². The lowest BCUT2D eigenvalue weighted by Gasteiger charge is -2.13. The van der Waals surface area contributed by atoms with Gasteiger partial charge >= 0.3 is 0 Å². The molecule has 1 saturated heterocycles. The van der Waals surface area contributed by atoms with Crippen molar-refractivity contribution < 1.29 is 28.2 Å². The molecule has 1 N–H and O–H groups in total. The standard InChI is InChI=1S/C27H23FN2O5S/c1-17-5-3-4-6-21(17)29-25(31)15-30-26(32)24(36-27(30)33)14-19-9-12-22(23(13-19)34-2)35-16-18-7-10-20(28)11-8-18/h3-14H,15-16H2,1-2H3,(H,29,31)/b24-14-. The number of anilines is 1. The molecule has 0 bridgehead atoms. The zero-order valence-electron chi connectivity index (χ0n) is 19.6. The number of rotatable bonds is 8. The Kier molecular flexibility index (Phi) is 7.70. The smallest absolute Gasteiger partial charge is 0.294 e. The van der Waals surface area contributed by atoms with Gasteiger partial charge in [-0.2, -0.15) is 0 Å². The number of benzene rings is 3. The molecule has 1 heterocycles. The van der Waals surface area contributed by atoms with Crippen LogP contribution in [0.1, 0.15) is 16.7 Å². The first-order valence-electron chi connectivity index (χ1n) is 11.0. The van der Waals surface area contributed by atoms with Gasteiger partial charge in [0.05, 0.1) is 12.0 Å². The van der Waals surface area contributed by atoms with E-state index in [9.17, 15) is 18.8 Å². The van der Waals surface area contributed by atoms with Crippen molar-refractivity contribution in [3.63, 3.8) is 0 Å². The lowest BCUT2D eigenvalue weighted by atomic mass is 10.1. The van der Waals surface area contributed by atoms with Gasteiger partial charge in [0.15, 0.2) is 11.5 Å². The molecule has 3 aromatic rings. The average Bonchev–Trinajstić information content (AvgIpc) is 3.12. The third-order valence-corrected chi connectivity index (χ3v) is 6.29. The van der Waals surface area contributed by atoms with Crippen LogP contribution in [-0.4, -0.2) is 35.6 Å². The van der Waals surface area contributed by atoms with E-state index in [0.717, 1.165) is 27.8 Å². The highest BCUT2D eigenvalue weighted by molar-refractivity contribution is 8.18. The number of thioether (sulfide) groups is 1. The van der Waals surface area contributed by atoms with Gasteiger partial charge in [-0.3, -0.25) is 19.3 Å². The summed E-state index contributed by atoms with van der Waals surface area (Å²) in [5.41, 5.74) is 2.91. The number of ether oxygens (including phenoxy) is 2. The zero-order valence-corrected chi connectivity index (χ0v) is 20.4. The van der Waals surface area contributed by atoms with Crippen molar-refractivity contribution in [1.29, 1.82) is 0 Å². The first kappa shape index (κ1) is 25.0. The number of methoxy groups -OCH3 is 1. The molecule has 36 heavy (non-hydrogen) atoms. The Morgan fingerprint density at radius 2 is 1.81 bits per heavy atom. The third-order valence-electron chi connectivity index (χ3n) is 5.39. The summed E-state index contributed by atoms with van der Waals surface area (Å²) in [6, 6.07) is 18.3. The van der Waals surface area contributed by atoms with Crippen LogP contribution >= 0.6 is 11.8 Å². The van der Waals surface area contributed by atoms with Crippen molar-refractivity contribution in [3.05, 3.63) is 94.1 Å². The lowest BCUT2D eigenvalue weighted by Crippen LogP contribution is -2.36. The van der Waals surface area contributed by atoms with Crippen LogP contribution in [0.2, 0.25) is 0 Å². The fourth-order valence-corrected chi connectivity index (χ4v) is 4.31. The molecule has 3 aromatic carbocycles. The summed E-state index contributed by atoms with van der Waals surface area (Å²) in [6.45, 7) is 1.70. The van der Waals surface area contributed by atoms with Gasteiger partial charge in [0.25, 0.3) is 11.1 Å². The molecule has 7 nitrogen and oxygen atoms in total. The predicted octanol–water partition coefficient (Wildman–Crippen LogP) is 5.40. The predicted molar refractivity (Wildman–Crippen MR) is 136 cm³/mol. The van der Waals surface area contributed by atoms with Crippen molar-refractivity contribution in [1.82, 2.24) is 4.90 Å². The summed E-state index contributed by atoms with van der Waals surface area (Å²) < 4.78 is 24.3. The summed E-state index contributed by atoms with van der Waals surface area (Å²) in [7, 11) is 1.49. The van der Waals surface area contributed by atoms with E-state index >= 15 is 0 Å². The number of nitrogens with one attached hydrogen (secondary N) is 1. The monoisotopic (exact) mass is 506 g/mol. The van der Waals surface area contributed by atoms with Gasteiger partial charge in [-0.1, -0.05) is 36.4 Å². The van der Waals surface area contributed by atoms with Crippen LogP contribution in [0.3, 0.4) is 0 Å². The second kappa shape index (κ2) is 11.1. The maximum atomic E-state index is 13.1. The highest BCUT2D eigenvalue weighted by Crippen LogP contribution is 2.34. The topological polar surface area (TPSA) is 84.9 Å². The number of imide groups is 1. The van der Waals surface area contributed by atoms with E-state index < -0.39 is 17.1 Å². The molecule has 1 aliphatic rings. The van der Waals surface area contributed by atoms with Gasteiger partial charge in [0, 0.05) is 5.69 Å². The van der Waals surface area contributed by atoms with Crippen molar-refractivity contribution >= 4 is 40.6 Å². The molecule has 9 heteroatoms. The minimum Gasteiger partial charge on any atom is -0.493 e. The minimum atomic E-state index is -0.541. The highest BCUT2D eigenvalue weighted by atomic mass is 32.2. The van der Waals surface area contributed by atoms with E-state index in [1.807, 2.05) is 19.1 Å². The van der Waals surface area contributed by atoms with E-state index in [1.165, 1.54) is 19.2 Å². The number of amides is 3. The Labute approximate surface area is 211 Å². The van der Waals surface area contributed by atoms with E-state index in [2.05, 4.69) is 5.32 Å². The van der Waals surface area contributed by atoms with Gasteiger partial charge in [-0.25, -0.2) is 4.39 Å². The second-order valence-electron chi connectivity index (χ2n) is 7.96. The summed E-state index contributed by atoms with van der Waals surface area (Å²) in [4.78, 5) is 38.8. The normalized spacial score (nSPS) is 14.3. The molecular weight excluding hydrogens is 483 g/mol. The average molecular weight is 507 g/mol. The van der Waals surface area contributed by atoms with Crippen LogP contribution in [0.15, 0.2) is 71.6 Å². The third kappa shape index (κ3) is 5.92. The maximum absolute atomic E-state index is 13.1. The first-order chi connectivity index (χ1) is 17.3. The summed E-state index contributed by atoms with van der Waals surface area (Å²) in [5.74, 6) is -0.419. The maximum Gasteiger partial charge on any atom is 0.294 e. The Hall–Kier alpha value is -4.11. The summed E-state index contributed by atoms with van der Waals surface area (Å²) >= 11 is 0.770. The fraction of sp³-hybridized carbons (Fsp3) is 0.148. The number of halogens is 1. The number of para-hydroxylation sites is 1. The number of aryl methyl sites for hydroxylation is 1. The zero-order chi connectivity index (χ0) is 25.7. The van der Waals surface area contributed by atoms with Crippen LogP contribution in [0.5, 0.6) is 11.5 Å². The van der Waals surface area contributed by atoms with Crippen LogP contribution in [0.4, 0.5) is 14.9 Å². The van der Waals surface area contributed by atoms with Crippen LogP contribution in [0, 0.1) is 12.7 Å². The molecule has 0 aliphatic carbocycles. The Balaban J connectivity index is 1.43. The molecule has 0 spiro atoms. The van der Waals surface area contributed by atoms with Gasteiger partial charge in [0.2, 0.25) is 5.91 Å². The van der Waals surface area contributed by atoms with Crippen LogP contribution in [0.25, 0.3) is 6.08 Å². The van der Waals surface area contributed by atoms with E-state index in [-0.39, 0.29) is 23.9 Å². The number of nitrogens with zero attached hydrogens (tertiary/aromatic N) is 1. The lowest BCUT2D eigenvalue weighted by molar-refractivity contribution is -0.127. The molecule has 4 rings (SSSR count). The van der Waals surface area contributed by atoms with Crippen molar-refractivity contribution in [2.75, 3.05) is 19.0 Å². The van der Waals surface area contributed by atoms with E-state index in [0.29, 0.717) is 22.7 Å². The minimum absolute atomic E-state index is 0.200. The molecule has 3 amide bonds. The van der Waals surface area contributed by atoms with Gasteiger partial charge in [-0.15, -0.1) is 0 Å². The van der Waals surface area contributed by atoms with Gasteiger partial charge in [-0.05, 0) is 71.8 Å². The number of hydrogen-bond acceptors (Lipinski definition) is 6. The molecule has 1 fully saturated rings. The molecule has 1 aliphatic heterocycles. The Bertz CT molecular complexity index is 1340. The summed E-state index contributed by atoms with van der Waals surface area (Å²) in [6.07, 6.45) is 1.57. The van der Waals surface area contributed by atoms with Crippen molar-refractivity contribution in [3.8, 4) is 11.5 Å². The second-order valence-corrected chi connectivity index (χ2v) is 8.95. The molecule has 0 radical (unpaired) electrons. The first-order valence-corrected chi connectivity index (χ1v) is 11.8. The molecule has 0 saturated carbocycles. The van der Waals surface area contributed by atoms with Crippen LogP contribution < -0.4 is 14.8 Å². The highest BCUT2D eigenvalue weighted by Gasteiger charge is 2.36. The van der Waals surface area contributed by atoms with Gasteiger partial charge < -0.3 is 14.8 Å². The molecule has 0 aromatic heterocycles. The van der Waals surface area contributed by atoms with E-state index in [4.69, 9.17) is 9.47 Å². The number of hydrogen-bond donors (Lipinski definition) is 1. The fourth-order valence-electron chi connectivity index (χ4n) is 3.47.